The summed E-state index contributed by atoms with van der Waals surface area (Å²) < 4.78 is 17.8. The van der Waals surface area contributed by atoms with Crippen molar-refractivity contribution >= 4 is 56.6 Å². The van der Waals surface area contributed by atoms with Gasteiger partial charge in [-0.05, 0) is 78.8 Å². The van der Waals surface area contributed by atoms with Crippen molar-refractivity contribution in [1.29, 1.82) is 0 Å². The Balaban J connectivity index is 1.84. The van der Waals surface area contributed by atoms with Gasteiger partial charge in [-0.25, -0.2) is 9.18 Å². The molecule has 12 heteroatoms. The van der Waals surface area contributed by atoms with Crippen molar-refractivity contribution in [3.8, 4) is 5.69 Å². The van der Waals surface area contributed by atoms with Crippen LogP contribution in [0.25, 0.3) is 16.6 Å². The summed E-state index contributed by atoms with van der Waals surface area (Å²) in [7, 11) is 0. The van der Waals surface area contributed by atoms with Crippen molar-refractivity contribution in [2.24, 2.45) is 5.73 Å². The predicted molar refractivity (Wildman–Crippen MR) is 148 cm³/mol. The molecule has 5 N–H and O–H groups in total. The highest BCUT2D eigenvalue weighted by Crippen LogP contribution is 2.34. The zero-order valence-corrected chi connectivity index (χ0v) is 21.8. The molecule has 0 bridgehead atoms. The van der Waals surface area contributed by atoms with E-state index in [1.807, 2.05) is 22.6 Å². The Labute approximate surface area is 222 Å². The minimum absolute atomic E-state index is 0.0218. The quantitative estimate of drug-likeness (QED) is 0.246. The third-order valence-corrected chi connectivity index (χ3v) is 6.82. The summed E-state index contributed by atoms with van der Waals surface area (Å²) in [6.45, 7) is 1.28. The number of nitrogens with zero attached hydrogens (tertiary/aromatic N) is 2. The molecular formula is C25H22FIN6O4. The van der Waals surface area contributed by atoms with Crippen LogP contribution in [0, 0.1) is 16.3 Å². The molecule has 2 aromatic carbocycles. The van der Waals surface area contributed by atoms with E-state index in [-0.39, 0.29) is 40.6 Å². The van der Waals surface area contributed by atoms with E-state index in [1.54, 1.807) is 30.3 Å². The van der Waals surface area contributed by atoms with Gasteiger partial charge in [-0.2, -0.15) is 0 Å². The largest absolute Gasteiger partial charge is 0.339 e. The number of hydrogen-bond donors (Lipinski definition) is 4. The van der Waals surface area contributed by atoms with Gasteiger partial charge in [-0.1, -0.05) is 6.07 Å². The monoisotopic (exact) mass is 616 g/mol. The third kappa shape index (κ3) is 4.57. The maximum Gasteiger partial charge on any atom is 0.336 e. The second kappa shape index (κ2) is 9.59. The van der Waals surface area contributed by atoms with Crippen LogP contribution in [0.4, 0.5) is 21.6 Å². The number of benzene rings is 2. The number of rotatable bonds is 6. The van der Waals surface area contributed by atoms with Crippen molar-refractivity contribution in [3.63, 3.8) is 0 Å². The highest BCUT2D eigenvalue weighted by Gasteiger charge is 2.31. The zero-order chi connectivity index (χ0) is 26.4. The molecule has 0 saturated heterocycles. The lowest BCUT2D eigenvalue weighted by Crippen LogP contribution is -2.40. The molecule has 0 spiro atoms. The molecule has 1 aliphatic rings. The second-order valence-electron chi connectivity index (χ2n) is 8.75. The Kier molecular flexibility index (Phi) is 6.45. The fraction of sp³-hybridized carbons (Fsp3) is 0.200. The first-order valence-electron chi connectivity index (χ1n) is 11.5. The highest BCUT2D eigenvalue weighted by molar-refractivity contribution is 14.1. The van der Waals surface area contributed by atoms with Gasteiger partial charge in [0.1, 0.15) is 17.0 Å². The molecule has 1 aliphatic carbocycles. The SMILES string of the molecule is Cc1c(=O)[nH]c(Nc2ccc(I)cc2F)c2c(=O)n(C3CC3)c(=O)n(-c3cccc(NC(=O)CN)c3)c12. The number of nitrogens with two attached hydrogens (primary N) is 1. The predicted octanol–water partition coefficient (Wildman–Crippen LogP) is 2.87. The molecule has 0 unspecified atom stereocenters. The van der Waals surface area contributed by atoms with E-state index < -0.39 is 28.5 Å². The van der Waals surface area contributed by atoms with E-state index in [0.717, 1.165) is 0 Å². The molecule has 1 fully saturated rings. The van der Waals surface area contributed by atoms with Crippen LogP contribution in [0.1, 0.15) is 24.4 Å². The molecule has 0 aliphatic heterocycles. The van der Waals surface area contributed by atoms with Crippen LogP contribution in [0.3, 0.4) is 0 Å². The first kappa shape index (κ1) is 24.9. The van der Waals surface area contributed by atoms with Gasteiger partial charge in [-0.15, -0.1) is 0 Å². The van der Waals surface area contributed by atoms with Crippen molar-refractivity contribution in [2.45, 2.75) is 25.8 Å². The fourth-order valence-electron chi connectivity index (χ4n) is 4.23. The lowest BCUT2D eigenvalue weighted by molar-refractivity contribution is -0.114. The fourth-order valence-corrected chi connectivity index (χ4v) is 4.68. The molecule has 2 heterocycles. The maximum atomic E-state index is 14.7. The first-order valence-corrected chi connectivity index (χ1v) is 12.5. The standard InChI is InChI=1S/C25H22FIN6O4/c1-12-21-20(22(31-23(12)35)30-18-8-5-13(27)9-17(18)26)24(36)33(15-6-7-15)25(37)32(21)16-4-2-3-14(10-16)29-19(34)11-28/h2-5,8-10,15H,6-7,11,28H2,1H3,(H,29,34)(H2,30,31,35). The van der Waals surface area contributed by atoms with Gasteiger partial charge < -0.3 is 21.4 Å². The zero-order valence-electron chi connectivity index (χ0n) is 19.6. The van der Waals surface area contributed by atoms with E-state index in [1.165, 1.54) is 28.2 Å². The Bertz CT molecular complexity index is 1760. The van der Waals surface area contributed by atoms with Crippen LogP contribution >= 0.6 is 22.6 Å². The normalized spacial score (nSPS) is 13.1. The maximum absolute atomic E-state index is 14.7. The van der Waals surface area contributed by atoms with Crippen molar-refractivity contribution < 1.29 is 9.18 Å². The van der Waals surface area contributed by atoms with Crippen LogP contribution in [-0.4, -0.2) is 26.6 Å². The lowest BCUT2D eigenvalue weighted by atomic mass is 10.1. The number of aromatic nitrogens is 3. The molecular weight excluding hydrogens is 594 g/mol. The smallest absolute Gasteiger partial charge is 0.336 e. The number of carbonyl (C=O) groups is 1. The molecule has 5 rings (SSSR count). The van der Waals surface area contributed by atoms with Crippen LogP contribution in [0.5, 0.6) is 0 Å². The van der Waals surface area contributed by atoms with Crippen LogP contribution in [-0.2, 0) is 4.79 Å². The number of nitrogens with one attached hydrogen (secondary N) is 3. The van der Waals surface area contributed by atoms with Crippen LogP contribution < -0.4 is 33.2 Å². The van der Waals surface area contributed by atoms with Gasteiger partial charge in [0.15, 0.2) is 0 Å². The molecule has 10 nitrogen and oxygen atoms in total. The number of H-pyrrole nitrogens is 1. The first-order chi connectivity index (χ1) is 17.7. The lowest BCUT2D eigenvalue weighted by Gasteiger charge is -2.18. The average molecular weight is 616 g/mol. The number of aryl methyl sites for hydroxylation is 1. The number of fused-ring (bicyclic) bond motifs is 1. The van der Waals surface area contributed by atoms with Crippen molar-refractivity contribution in [2.75, 3.05) is 17.2 Å². The number of anilines is 3. The van der Waals surface area contributed by atoms with Gasteiger partial charge >= 0.3 is 5.69 Å². The highest BCUT2D eigenvalue weighted by atomic mass is 127. The summed E-state index contributed by atoms with van der Waals surface area (Å²) in [6.07, 6.45) is 1.31. The summed E-state index contributed by atoms with van der Waals surface area (Å²) in [5, 5.41) is 5.53. The topological polar surface area (TPSA) is 144 Å². The van der Waals surface area contributed by atoms with Crippen molar-refractivity contribution in [1.82, 2.24) is 14.1 Å². The van der Waals surface area contributed by atoms with Gasteiger partial charge in [0.25, 0.3) is 11.1 Å². The molecule has 1 amide bonds. The summed E-state index contributed by atoms with van der Waals surface area (Å²) in [5.41, 5.74) is 4.66. The number of hydrogen-bond acceptors (Lipinski definition) is 6. The van der Waals surface area contributed by atoms with Gasteiger partial charge in [-0.3, -0.25) is 23.5 Å². The van der Waals surface area contributed by atoms with Gasteiger partial charge in [0.05, 0.1) is 23.4 Å². The second-order valence-corrected chi connectivity index (χ2v) is 10.00. The van der Waals surface area contributed by atoms with E-state index in [0.29, 0.717) is 27.8 Å². The van der Waals surface area contributed by atoms with E-state index in [9.17, 15) is 23.6 Å². The number of carbonyl (C=O) groups excluding carboxylic acids is 1. The van der Waals surface area contributed by atoms with E-state index >= 15 is 0 Å². The number of halogens is 2. The minimum atomic E-state index is -0.609. The third-order valence-electron chi connectivity index (χ3n) is 6.15. The van der Waals surface area contributed by atoms with Crippen molar-refractivity contribution in [3.05, 3.63) is 88.6 Å². The molecule has 37 heavy (non-hydrogen) atoms. The summed E-state index contributed by atoms with van der Waals surface area (Å²) >= 11 is 1.98. The average Bonchev–Trinajstić information content (AvgIpc) is 3.69. The Morgan fingerprint density at radius 3 is 2.62 bits per heavy atom. The number of amides is 1. The summed E-state index contributed by atoms with van der Waals surface area (Å²) in [4.78, 5) is 54.9. The van der Waals surface area contributed by atoms with Gasteiger partial charge in [0.2, 0.25) is 5.91 Å². The van der Waals surface area contributed by atoms with Gasteiger partial charge in [0, 0.05) is 20.9 Å². The molecule has 1 saturated carbocycles. The minimum Gasteiger partial charge on any atom is -0.339 e. The molecule has 4 aromatic rings. The van der Waals surface area contributed by atoms with Crippen LogP contribution in [0.15, 0.2) is 56.8 Å². The Morgan fingerprint density at radius 2 is 1.95 bits per heavy atom. The summed E-state index contributed by atoms with van der Waals surface area (Å²) in [6, 6.07) is 10.7. The summed E-state index contributed by atoms with van der Waals surface area (Å²) in [5.74, 6) is -1.01. The number of pyridine rings is 1. The van der Waals surface area contributed by atoms with E-state index in [2.05, 4.69) is 15.6 Å². The van der Waals surface area contributed by atoms with Crippen LogP contribution in [0.2, 0.25) is 0 Å². The Morgan fingerprint density at radius 1 is 1.19 bits per heavy atom. The molecule has 0 atom stereocenters. The number of aromatic amines is 1. The Hall–Kier alpha value is -3.78. The molecule has 2 aromatic heterocycles. The molecule has 190 valence electrons. The molecule has 0 radical (unpaired) electrons. The van der Waals surface area contributed by atoms with E-state index in [4.69, 9.17) is 5.73 Å².